The Balaban J connectivity index is 2.28. The van der Waals surface area contributed by atoms with Gasteiger partial charge >= 0.3 is 6.03 Å². The van der Waals surface area contributed by atoms with Gasteiger partial charge in [-0.05, 0) is 25.3 Å². The molecule has 6 nitrogen and oxygen atoms in total. The average Bonchev–Trinajstić information content (AvgIpc) is 3.00. The second-order valence-electron chi connectivity index (χ2n) is 4.85. The molecule has 1 atom stereocenters. The third-order valence-corrected chi connectivity index (χ3v) is 5.24. The molecule has 114 valence electrons. The van der Waals surface area contributed by atoms with Crippen molar-refractivity contribution in [2.45, 2.75) is 24.8 Å². The Labute approximate surface area is 136 Å². The van der Waals surface area contributed by atoms with Gasteiger partial charge in [-0.25, -0.2) is 9.80 Å². The number of thiophene rings is 1. The zero-order valence-electron chi connectivity index (χ0n) is 11.8. The molecular weight excluding hydrogens is 328 g/mol. The van der Waals surface area contributed by atoms with E-state index in [9.17, 15) is 10.0 Å². The van der Waals surface area contributed by atoms with E-state index in [-0.39, 0.29) is 0 Å². The summed E-state index contributed by atoms with van der Waals surface area (Å²) >= 11 is 8.26. The second kappa shape index (κ2) is 6.30. The van der Waals surface area contributed by atoms with E-state index in [0.29, 0.717) is 9.38 Å². The maximum atomic E-state index is 11.7. The van der Waals surface area contributed by atoms with Crippen molar-refractivity contribution in [3.63, 3.8) is 0 Å². The van der Waals surface area contributed by atoms with Crippen LogP contribution in [0.5, 0.6) is 0 Å². The molecular formula is C12H16N4O2S3. The summed E-state index contributed by atoms with van der Waals surface area (Å²) in [5, 5.41) is 20.9. The maximum Gasteiger partial charge on any atom is 0.343 e. The molecule has 0 saturated carbocycles. The fraction of sp³-hybridized carbons (Fsp3) is 0.417. The fourth-order valence-corrected chi connectivity index (χ4v) is 4.30. The van der Waals surface area contributed by atoms with Gasteiger partial charge in [-0.2, -0.15) is 10.2 Å². The van der Waals surface area contributed by atoms with Crippen LogP contribution in [0.3, 0.4) is 0 Å². The molecule has 0 unspecified atom stereocenters. The summed E-state index contributed by atoms with van der Waals surface area (Å²) in [7, 11) is 1.46. The molecule has 1 aromatic rings. The van der Waals surface area contributed by atoms with Crippen molar-refractivity contribution < 1.29 is 10.0 Å². The zero-order valence-corrected chi connectivity index (χ0v) is 14.3. The first-order chi connectivity index (χ1) is 9.86. The molecule has 0 spiro atoms. The average molecular weight is 344 g/mol. The Bertz CT molecular complexity index is 559. The molecule has 0 bridgehead atoms. The Hall–Kier alpha value is -1.16. The number of thiocarbonyl (C=S) groups is 1. The molecule has 21 heavy (non-hydrogen) atoms. The van der Waals surface area contributed by atoms with E-state index in [1.54, 1.807) is 17.6 Å². The van der Waals surface area contributed by atoms with Gasteiger partial charge in [0.15, 0.2) is 10.5 Å². The van der Waals surface area contributed by atoms with Crippen molar-refractivity contribution in [3.05, 3.63) is 22.4 Å². The molecule has 1 aliphatic rings. The van der Waals surface area contributed by atoms with Crippen molar-refractivity contribution in [3.8, 4) is 0 Å². The number of carbonyl (C=O) groups excluding carboxylic acids is 1. The first-order valence-electron chi connectivity index (χ1n) is 6.16. The second-order valence-corrected chi connectivity index (χ2v) is 8.12. The molecule has 1 aromatic heterocycles. The van der Waals surface area contributed by atoms with Crippen molar-refractivity contribution in [1.82, 2.24) is 15.4 Å². The number of urea groups is 1. The summed E-state index contributed by atoms with van der Waals surface area (Å²) in [6.07, 6.45) is 0.995. The number of hydrazone groups is 1. The van der Waals surface area contributed by atoms with E-state index in [0.717, 1.165) is 4.88 Å². The first kappa shape index (κ1) is 16.2. The summed E-state index contributed by atoms with van der Waals surface area (Å²) < 4.78 is 0.0336. The monoisotopic (exact) mass is 344 g/mol. The minimum atomic E-state index is -0.675. The first-order valence-corrected chi connectivity index (χ1v) is 8.27. The number of hydrogen-bond donors (Lipinski definition) is 2. The standard InChI is InChI=1S/C12H16N4O2S3/c1-12(2)9(16(18)10(17)13-3)15(11(19)21-12)14-7-8-5-4-6-20-8/h4-7,9,18H,1-3H3,(H,13,17)/b14-7-/t9-/m0/s1. The van der Waals surface area contributed by atoms with Crippen LogP contribution in [0.1, 0.15) is 18.7 Å². The lowest BCUT2D eigenvalue weighted by Gasteiger charge is -2.33. The van der Waals surface area contributed by atoms with Crippen LogP contribution in [0.25, 0.3) is 0 Å². The lowest BCUT2D eigenvalue weighted by molar-refractivity contribution is -0.117. The van der Waals surface area contributed by atoms with Gasteiger partial charge in [-0.3, -0.25) is 5.21 Å². The van der Waals surface area contributed by atoms with Crippen LogP contribution < -0.4 is 5.32 Å². The number of nitrogens with zero attached hydrogens (tertiary/aromatic N) is 3. The van der Waals surface area contributed by atoms with E-state index in [4.69, 9.17) is 12.2 Å². The number of nitrogens with one attached hydrogen (secondary N) is 1. The van der Waals surface area contributed by atoms with Gasteiger partial charge in [0.25, 0.3) is 0 Å². The number of rotatable bonds is 3. The molecule has 1 saturated heterocycles. The van der Waals surface area contributed by atoms with Crippen LogP contribution in [0.4, 0.5) is 4.79 Å². The van der Waals surface area contributed by atoms with Crippen LogP contribution in [0.2, 0.25) is 0 Å². The van der Waals surface area contributed by atoms with E-state index in [1.807, 2.05) is 31.4 Å². The predicted molar refractivity (Wildman–Crippen MR) is 89.9 cm³/mol. The summed E-state index contributed by atoms with van der Waals surface area (Å²) in [5.41, 5.74) is 0. The maximum absolute atomic E-state index is 11.7. The molecule has 0 aliphatic carbocycles. The lowest BCUT2D eigenvalue weighted by atomic mass is 10.1. The van der Waals surface area contributed by atoms with Gasteiger partial charge in [0.05, 0.1) is 11.0 Å². The van der Waals surface area contributed by atoms with Crippen molar-refractivity contribution in [2.24, 2.45) is 5.10 Å². The van der Waals surface area contributed by atoms with E-state index < -0.39 is 16.9 Å². The van der Waals surface area contributed by atoms with Crippen LogP contribution in [-0.2, 0) is 0 Å². The SMILES string of the molecule is CNC(=O)N(O)[C@@H]1N(/N=C\c2cccs2)C(=S)SC1(C)C. The summed E-state index contributed by atoms with van der Waals surface area (Å²) in [6, 6.07) is 3.25. The molecule has 2 amide bonds. The van der Waals surface area contributed by atoms with E-state index in [2.05, 4.69) is 10.4 Å². The van der Waals surface area contributed by atoms with Crippen LogP contribution in [0.15, 0.2) is 22.6 Å². The van der Waals surface area contributed by atoms with Gasteiger partial charge in [0.2, 0.25) is 0 Å². The lowest BCUT2D eigenvalue weighted by Crippen LogP contribution is -2.55. The van der Waals surface area contributed by atoms with Gasteiger partial charge in [0, 0.05) is 11.9 Å². The number of hydroxylamine groups is 2. The Morgan fingerprint density at radius 1 is 1.67 bits per heavy atom. The molecule has 2 rings (SSSR count). The highest BCUT2D eigenvalue weighted by atomic mass is 32.2. The molecule has 9 heteroatoms. The summed E-state index contributed by atoms with van der Waals surface area (Å²) in [4.78, 5) is 12.7. The summed E-state index contributed by atoms with van der Waals surface area (Å²) in [6.45, 7) is 3.81. The number of carbonyl (C=O) groups is 1. The topological polar surface area (TPSA) is 68.2 Å². The van der Waals surface area contributed by atoms with Crippen LogP contribution in [-0.4, -0.2) is 49.8 Å². The Morgan fingerprint density at radius 2 is 2.38 bits per heavy atom. The quantitative estimate of drug-likeness (QED) is 0.382. The minimum absolute atomic E-state index is 0.481. The molecule has 0 radical (unpaired) electrons. The largest absolute Gasteiger partial charge is 0.343 e. The summed E-state index contributed by atoms with van der Waals surface area (Å²) in [5.74, 6) is 0. The zero-order chi connectivity index (χ0) is 15.6. The molecule has 2 N–H and O–H groups in total. The van der Waals surface area contributed by atoms with E-state index >= 15 is 0 Å². The van der Waals surface area contributed by atoms with Gasteiger partial charge < -0.3 is 5.32 Å². The molecule has 1 aliphatic heterocycles. The Morgan fingerprint density at radius 3 is 2.95 bits per heavy atom. The Kier molecular flexibility index (Phi) is 4.87. The van der Waals surface area contributed by atoms with Crippen molar-refractivity contribution in [1.29, 1.82) is 0 Å². The smallest absolute Gasteiger partial charge is 0.339 e. The fourth-order valence-electron chi connectivity index (χ4n) is 1.94. The minimum Gasteiger partial charge on any atom is -0.339 e. The third kappa shape index (κ3) is 3.37. The van der Waals surface area contributed by atoms with Gasteiger partial charge in [0.1, 0.15) is 0 Å². The van der Waals surface area contributed by atoms with Crippen LogP contribution >= 0.6 is 35.3 Å². The normalized spacial score (nSPS) is 21.0. The highest BCUT2D eigenvalue weighted by molar-refractivity contribution is 8.24. The van der Waals surface area contributed by atoms with E-state index in [1.165, 1.54) is 23.8 Å². The van der Waals surface area contributed by atoms with Crippen LogP contribution in [0, 0.1) is 0 Å². The van der Waals surface area contributed by atoms with Crippen molar-refractivity contribution >= 4 is 51.9 Å². The molecule has 2 heterocycles. The number of thioether (sulfide) groups is 1. The van der Waals surface area contributed by atoms with Crippen molar-refractivity contribution in [2.75, 3.05) is 7.05 Å². The number of amides is 2. The van der Waals surface area contributed by atoms with Gasteiger partial charge in [-0.1, -0.05) is 30.0 Å². The van der Waals surface area contributed by atoms with Gasteiger partial charge in [-0.15, -0.1) is 11.3 Å². The third-order valence-electron chi connectivity index (χ3n) is 2.90. The molecule has 1 fully saturated rings. The highest BCUT2D eigenvalue weighted by Crippen LogP contribution is 2.42. The number of hydrogen-bond acceptors (Lipinski definition) is 6. The highest BCUT2D eigenvalue weighted by Gasteiger charge is 2.49. The predicted octanol–water partition coefficient (Wildman–Crippen LogP) is 2.55. The molecule has 0 aromatic carbocycles.